The first-order valence-corrected chi connectivity index (χ1v) is 6.55. The molecule has 0 saturated heterocycles. The molecule has 22 heavy (non-hydrogen) atoms. The molecule has 2 amide bonds. The highest BCUT2D eigenvalue weighted by molar-refractivity contribution is 6.39. The number of hydrogen-bond donors (Lipinski definition) is 2. The Bertz CT molecular complexity index is 700. The molecule has 0 unspecified atom stereocenters. The van der Waals surface area contributed by atoms with Gasteiger partial charge in [0, 0.05) is 12.2 Å². The molecule has 4 nitrogen and oxygen atoms in total. The summed E-state index contributed by atoms with van der Waals surface area (Å²) in [5, 5.41) is 4.70. The van der Waals surface area contributed by atoms with Crippen molar-refractivity contribution < 1.29 is 18.4 Å². The molecule has 0 spiro atoms. The highest BCUT2D eigenvalue weighted by Crippen LogP contribution is 2.13. The van der Waals surface area contributed by atoms with Crippen LogP contribution in [0.2, 0.25) is 0 Å². The zero-order valence-corrected chi connectivity index (χ0v) is 11.8. The molecule has 2 aromatic carbocycles. The van der Waals surface area contributed by atoms with E-state index in [2.05, 4.69) is 10.6 Å². The summed E-state index contributed by atoms with van der Waals surface area (Å²) in [4.78, 5) is 23.3. The highest BCUT2D eigenvalue weighted by Gasteiger charge is 2.13. The number of anilines is 1. The van der Waals surface area contributed by atoms with Crippen molar-refractivity contribution in [3.05, 3.63) is 65.2 Å². The number of carbonyl (C=O) groups excluding carboxylic acids is 2. The van der Waals surface area contributed by atoms with Gasteiger partial charge in [0.2, 0.25) is 0 Å². The van der Waals surface area contributed by atoms with Gasteiger partial charge in [-0.05, 0) is 42.3 Å². The maximum atomic E-state index is 13.4. The highest BCUT2D eigenvalue weighted by atomic mass is 19.1. The Morgan fingerprint density at radius 1 is 1.00 bits per heavy atom. The lowest BCUT2D eigenvalue weighted by Gasteiger charge is -2.07. The number of amides is 2. The van der Waals surface area contributed by atoms with Crippen molar-refractivity contribution in [1.29, 1.82) is 0 Å². The summed E-state index contributed by atoms with van der Waals surface area (Å²) in [5.74, 6) is -2.60. The van der Waals surface area contributed by atoms with Crippen LogP contribution in [-0.4, -0.2) is 11.8 Å². The molecule has 0 aliphatic rings. The monoisotopic (exact) mass is 304 g/mol. The molecule has 2 aromatic rings. The molecule has 0 radical (unpaired) electrons. The minimum Gasteiger partial charge on any atom is -0.344 e. The van der Waals surface area contributed by atoms with Crippen LogP contribution in [0.3, 0.4) is 0 Å². The third kappa shape index (κ3) is 4.12. The smallest absolute Gasteiger partial charge is 0.313 e. The summed E-state index contributed by atoms with van der Waals surface area (Å²) >= 11 is 0. The van der Waals surface area contributed by atoms with Gasteiger partial charge in [-0.15, -0.1) is 0 Å². The van der Waals surface area contributed by atoms with E-state index in [1.807, 2.05) is 0 Å². The largest absolute Gasteiger partial charge is 0.344 e. The fourth-order valence-corrected chi connectivity index (χ4v) is 1.72. The predicted octanol–water partition coefficient (Wildman–Crippen LogP) is 2.53. The first kappa shape index (κ1) is 15.6. The number of aryl methyl sites for hydroxylation is 1. The molecule has 2 N–H and O–H groups in total. The third-order valence-corrected chi connectivity index (χ3v) is 3.00. The van der Waals surface area contributed by atoms with E-state index in [9.17, 15) is 18.4 Å². The van der Waals surface area contributed by atoms with Crippen LogP contribution in [0.4, 0.5) is 14.5 Å². The Kier molecular flexibility index (Phi) is 4.83. The van der Waals surface area contributed by atoms with Crippen LogP contribution in [-0.2, 0) is 16.1 Å². The number of halogens is 2. The van der Waals surface area contributed by atoms with Crippen molar-refractivity contribution in [2.45, 2.75) is 13.5 Å². The molecule has 0 aromatic heterocycles. The van der Waals surface area contributed by atoms with Crippen molar-refractivity contribution in [3.63, 3.8) is 0 Å². The average molecular weight is 304 g/mol. The van der Waals surface area contributed by atoms with Crippen LogP contribution in [0.25, 0.3) is 0 Å². The van der Waals surface area contributed by atoms with E-state index in [4.69, 9.17) is 0 Å². The van der Waals surface area contributed by atoms with Crippen LogP contribution in [0.15, 0.2) is 42.5 Å². The van der Waals surface area contributed by atoms with Gasteiger partial charge in [-0.2, -0.15) is 0 Å². The van der Waals surface area contributed by atoms with E-state index >= 15 is 0 Å². The van der Waals surface area contributed by atoms with Gasteiger partial charge in [-0.3, -0.25) is 9.59 Å². The molecule has 6 heteroatoms. The van der Waals surface area contributed by atoms with Crippen molar-refractivity contribution in [1.82, 2.24) is 5.32 Å². The molecule has 0 saturated carbocycles. The first-order valence-electron chi connectivity index (χ1n) is 6.55. The van der Waals surface area contributed by atoms with Gasteiger partial charge in [-0.1, -0.05) is 18.2 Å². The topological polar surface area (TPSA) is 58.2 Å². The van der Waals surface area contributed by atoms with E-state index in [0.29, 0.717) is 11.1 Å². The van der Waals surface area contributed by atoms with Gasteiger partial charge >= 0.3 is 11.8 Å². The molecule has 114 valence electrons. The lowest BCUT2D eigenvalue weighted by Crippen LogP contribution is -2.34. The van der Waals surface area contributed by atoms with Crippen LogP contribution >= 0.6 is 0 Å². The molecular formula is C16H14F2N2O2. The predicted molar refractivity (Wildman–Crippen MR) is 78.0 cm³/mol. The van der Waals surface area contributed by atoms with Gasteiger partial charge < -0.3 is 10.6 Å². The van der Waals surface area contributed by atoms with Gasteiger partial charge in [0.25, 0.3) is 0 Å². The van der Waals surface area contributed by atoms with Crippen molar-refractivity contribution in [3.8, 4) is 0 Å². The van der Waals surface area contributed by atoms with Crippen LogP contribution in [0, 0.1) is 18.6 Å². The van der Waals surface area contributed by atoms with Crippen LogP contribution in [0.1, 0.15) is 11.1 Å². The summed E-state index contributed by atoms with van der Waals surface area (Å²) in [6.07, 6.45) is 0. The Hall–Kier alpha value is -2.76. The Labute approximate surface area is 126 Å². The normalized spacial score (nSPS) is 10.1. The fourth-order valence-electron chi connectivity index (χ4n) is 1.72. The third-order valence-electron chi connectivity index (χ3n) is 3.00. The average Bonchev–Trinajstić information content (AvgIpc) is 2.50. The zero-order chi connectivity index (χ0) is 16.1. The second kappa shape index (κ2) is 6.80. The molecule has 2 rings (SSSR count). The lowest BCUT2D eigenvalue weighted by molar-refractivity contribution is -0.136. The zero-order valence-electron chi connectivity index (χ0n) is 11.8. The maximum absolute atomic E-state index is 13.4. The summed E-state index contributed by atoms with van der Waals surface area (Å²) < 4.78 is 26.1. The molecule has 0 heterocycles. The van der Waals surface area contributed by atoms with Gasteiger partial charge in [-0.25, -0.2) is 8.78 Å². The quantitative estimate of drug-likeness (QED) is 0.856. The maximum Gasteiger partial charge on any atom is 0.313 e. The van der Waals surface area contributed by atoms with Crippen molar-refractivity contribution in [2.24, 2.45) is 0 Å². The number of nitrogens with one attached hydrogen (secondary N) is 2. The van der Waals surface area contributed by atoms with Gasteiger partial charge in [0.15, 0.2) is 0 Å². The Morgan fingerprint density at radius 3 is 2.32 bits per heavy atom. The Morgan fingerprint density at radius 2 is 1.68 bits per heavy atom. The number of rotatable bonds is 3. The molecule has 0 bridgehead atoms. The van der Waals surface area contributed by atoms with Crippen molar-refractivity contribution >= 4 is 17.5 Å². The summed E-state index contributed by atoms with van der Waals surface area (Å²) in [6, 6.07) is 9.67. The second-order valence-electron chi connectivity index (χ2n) is 4.73. The minimum absolute atomic E-state index is 0.0921. The number of hydrogen-bond acceptors (Lipinski definition) is 2. The standard InChI is InChI=1S/C16H14F2N2O2/c1-10-2-7-13(8-14(10)18)20-16(22)15(21)19-9-11-3-5-12(17)6-4-11/h2-8H,9H2,1H3,(H,19,21)(H,20,22). The van der Waals surface area contributed by atoms with E-state index in [1.54, 1.807) is 6.92 Å². The van der Waals surface area contributed by atoms with Crippen LogP contribution in [0.5, 0.6) is 0 Å². The van der Waals surface area contributed by atoms with Gasteiger partial charge in [0.05, 0.1) is 0 Å². The summed E-state index contributed by atoms with van der Waals surface area (Å²) in [5.41, 5.74) is 1.30. The van der Waals surface area contributed by atoms with E-state index in [-0.39, 0.29) is 18.0 Å². The van der Waals surface area contributed by atoms with E-state index < -0.39 is 17.6 Å². The fraction of sp³-hybridized carbons (Fsp3) is 0.125. The first-order chi connectivity index (χ1) is 10.5. The van der Waals surface area contributed by atoms with Crippen molar-refractivity contribution in [2.75, 3.05) is 5.32 Å². The van der Waals surface area contributed by atoms with E-state index in [1.165, 1.54) is 36.4 Å². The summed E-state index contributed by atoms with van der Waals surface area (Å²) in [6.45, 7) is 1.69. The molecule has 0 aliphatic heterocycles. The molecule has 0 aliphatic carbocycles. The molecular weight excluding hydrogens is 290 g/mol. The SMILES string of the molecule is Cc1ccc(NC(=O)C(=O)NCc2ccc(F)cc2)cc1F. The Balaban J connectivity index is 1.90. The van der Waals surface area contributed by atoms with Gasteiger partial charge in [0.1, 0.15) is 11.6 Å². The number of benzene rings is 2. The molecule has 0 atom stereocenters. The lowest BCUT2D eigenvalue weighted by atomic mass is 10.2. The van der Waals surface area contributed by atoms with Crippen LogP contribution < -0.4 is 10.6 Å². The summed E-state index contributed by atoms with van der Waals surface area (Å²) in [7, 11) is 0. The number of carbonyl (C=O) groups is 2. The van der Waals surface area contributed by atoms with E-state index in [0.717, 1.165) is 6.07 Å². The second-order valence-corrected chi connectivity index (χ2v) is 4.73. The molecule has 0 fully saturated rings. The minimum atomic E-state index is -0.898.